The van der Waals surface area contributed by atoms with Gasteiger partial charge in [0.2, 0.25) is 0 Å². The van der Waals surface area contributed by atoms with Crippen LogP contribution in [0.2, 0.25) is 0 Å². The van der Waals surface area contributed by atoms with E-state index in [1.165, 1.54) is 32.4 Å². The van der Waals surface area contributed by atoms with Gasteiger partial charge in [0.15, 0.2) is 5.78 Å². The number of carbonyl (C=O) groups is 1. The summed E-state index contributed by atoms with van der Waals surface area (Å²) >= 11 is 1.94. The maximum atomic E-state index is 13.1. The van der Waals surface area contributed by atoms with Crippen LogP contribution < -0.4 is 9.47 Å². The highest BCUT2D eigenvalue weighted by Gasteiger charge is 2.18. The number of methoxy groups -OCH3 is 2. The first kappa shape index (κ1) is 14.8. The van der Waals surface area contributed by atoms with Gasteiger partial charge in [-0.25, -0.2) is 4.39 Å². The van der Waals surface area contributed by atoms with Gasteiger partial charge in [-0.1, -0.05) is 0 Å². The van der Waals surface area contributed by atoms with E-state index in [1.807, 2.05) is 22.6 Å². The SMILES string of the molecule is COc1ccc(OC)c(C(=O)c2ccc(F)cc2I)c1. The molecule has 0 aliphatic heterocycles. The van der Waals surface area contributed by atoms with E-state index in [4.69, 9.17) is 9.47 Å². The van der Waals surface area contributed by atoms with E-state index >= 15 is 0 Å². The standard InChI is InChI=1S/C15H12FIO3/c1-19-10-4-6-14(20-2)12(8-10)15(18)11-5-3-9(16)7-13(11)17/h3-8H,1-2H3. The maximum Gasteiger partial charge on any atom is 0.197 e. The van der Waals surface area contributed by atoms with Crippen molar-refractivity contribution in [2.24, 2.45) is 0 Å². The molecule has 0 atom stereocenters. The quantitative estimate of drug-likeness (QED) is 0.594. The molecule has 0 heterocycles. The molecule has 0 amide bonds. The van der Waals surface area contributed by atoms with Gasteiger partial charge in [0.1, 0.15) is 17.3 Å². The minimum atomic E-state index is -0.372. The summed E-state index contributed by atoms with van der Waals surface area (Å²) < 4.78 is 24.0. The van der Waals surface area contributed by atoms with Gasteiger partial charge >= 0.3 is 0 Å². The highest BCUT2D eigenvalue weighted by atomic mass is 127. The molecule has 0 N–H and O–H groups in total. The van der Waals surface area contributed by atoms with Crippen molar-refractivity contribution in [3.63, 3.8) is 0 Å². The largest absolute Gasteiger partial charge is 0.497 e. The average Bonchev–Trinajstić information content (AvgIpc) is 2.46. The van der Waals surface area contributed by atoms with Gasteiger partial charge in [-0.2, -0.15) is 0 Å². The van der Waals surface area contributed by atoms with Crippen molar-refractivity contribution in [1.82, 2.24) is 0 Å². The Hall–Kier alpha value is -1.63. The number of hydrogen-bond acceptors (Lipinski definition) is 3. The Morgan fingerprint density at radius 1 is 1.05 bits per heavy atom. The number of halogens is 2. The molecule has 0 aliphatic carbocycles. The Bertz CT molecular complexity index is 656. The lowest BCUT2D eigenvalue weighted by Gasteiger charge is -2.10. The first-order chi connectivity index (χ1) is 9.56. The fraction of sp³-hybridized carbons (Fsp3) is 0.133. The fourth-order valence-corrected chi connectivity index (χ4v) is 2.53. The first-order valence-electron chi connectivity index (χ1n) is 5.78. The van der Waals surface area contributed by atoms with Crippen LogP contribution in [-0.4, -0.2) is 20.0 Å². The predicted octanol–water partition coefficient (Wildman–Crippen LogP) is 3.68. The minimum absolute atomic E-state index is 0.231. The Morgan fingerprint density at radius 3 is 2.40 bits per heavy atom. The van der Waals surface area contributed by atoms with Crippen LogP contribution in [0.15, 0.2) is 36.4 Å². The van der Waals surface area contributed by atoms with Gasteiger partial charge in [0.25, 0.3) is 0 Å². The van der Waals surface area contributed by atoms with Crippen molar-refractivity contribution < 1.29 is 18.7 Å². The van der Waals surface area contributed by atoms with Crippen LogP contribution in [0.5, 0.6) is 11.5 Å². The van der Waals surface area contributed by atoms with E-state index in [0.717, 1.165) is 0 Å². The number of rotatable bonds is 4. The summed E-state index contributed by atoms with van der Waals surface area (Å²) in [6, 6.07) is 9.05. The smallest absolute Gasteiger partial charge is 0.197 e. The van der Waals surface area contributed by atoms with E-state index in [2.05, 4.69) is 0 Å². The van der Waals surface area contributed by atoms with Crippen LogP contribution in [0.4, 0.5) is 4.39 Å². The lowest BCUT2D eigenvalue weighted by atomic mass is 10.0. The average molecular weight is 386 g/mol. The molecule has 0 bridgehead atoms. The van der Waals surface area contributed by atoms with E-state index in [0.29, 0.717) is 26.2 Å². The van der Waals surface area contributed by atoms with Crippen LogP contribution in [0.3, 0.4) is 0 Å². The van der Waals surface area contributed by atoms with Crippen LogP contribution >= 0.6 is 22.6 Å². The van der Waals surface area contributed by atoms with Crippen LogP contribution in [0, 0.1) is 9.39 Å². The summed E-state index contributed by atoms with van der Waals surface area (Å²) in [5.41, 5.74) is 0.815. The molecule has 0 fully saturated rings. The third kappa shape index (κ3) is 2.92. The molecule has 0 aromatic heterocycles. The molecule has 5 heteroatoms. The molecule has 0 saturated carbocycles. The second-order valence-electron chi connectivity index (χ2n) is 4.02. The van der Waals surface area contributed by atoms with Crippen molar-refractivity contribution in [3.05, 3.63) is 56.9 Å². The first-order valence-corrected chi connectivity index (χ1v) is 6.86. The molecule has 104 valence electrons. The van der Waals surface area contributed by atoms with Gasteiger partial charge in [0, 0.05) is 9.13 Å². The van der Waals surface area contributed by atoms with Crippen LogP contribution in [0.25, 0.3) is 0 Å². The summed E-state index contributed by atoms with van der Waals surface area (Å²) in [6.45, 7) is 0. The molecular weight excluding hydrogens is 374 g/mol. The van der Waals surface area contributed by atoms with Crippen LogP contribution in [0.1, 0.15) is 15.9 Å². The molecule has 2 aromatic carbocycles. The van der Waals surface area contributed by atoms with Gasteiger partial charge in [-0.05, 0) is 59.0 Å². The van der Waals surface area contributed by atoms with Crippen molar-refractivity contribution in [2.45, 2.75) is 0 Å². The van der Waals surface area contributed by atoms with Crippen molar-refractivity contribution >= 4 is 28.4 Å². The molecule has 0 radical (unpaired) electrons. The molecule has 0 spiro atoms. The zero-order chi connectivity index (χ0) is 14.7. The van der Waals surface area contributed by atoms with Gasteiger partial charge < -0.3 is 9.47 Å². The van der Waals surface area contributed by atoms with Crippen molar-refractivity contribution in [1.29, 1.82) is 0 Å². The summed E-state index contributed by atoms with van der Waals surface area (Å²) in [5, 5.41) is 0. The zero-order valence-electron chi connectivity index (χ0n) is 10.9. The number of hydrogen-bond donors (Lipinski definition) is 0. The Kier molecular flexibility index (Phi) is 4.59. The lowest BCUT2D eigenvalue weighted by molar-refractivity contribution is 0.103. The molecule has 0 aliphatic rings. The highest BCUT2D eigenvalue weighted by Crippen LogP contribution is 2.28. The summed E-state index contributed by atoms with van der Waals surface area (Å²) in [6.07, 6.45) is 0. The van der Waals surface area contributed by atoms with E-state index in [1.54, 1.807) is 18.2 Å². The normalized spacial score (nSPS) is 10.2. The topological polar surface area (TPSA) is 35.5 Å². The Balaban J connectivity index is 2.51. The predicted molar refractivity (Wildman–Crippen MR) is 82.1 cm³/mol. The molecular formula is C15H12FIO3. The van der Waals surface area contributed by atoms with Crippen LogP contribution in [-0.2, 0) is 0 Å². The molecule has 0 unspecified atom stereocenters. The summed E-state index contributed by atoms with van der Waals surface area (Å²) in [5.74, 6) is 0.413. The Morgan fingerprint density at radius 2 is 1.80 bits per heavy atom. The van der Waals surface area contributed by atoms with Gasteiger partial charge in [-0.15, -0.1) is 0 Å². The third-order valence-electron chi connectivity index (χ3n) is 2.83. The molecule has 3 nitrogen and oxygen atoms in total. The summed E-state index contributed by atoms with van der Waals surface area (Å²) in [4.78, 5) is 12.6. The second kappa shape index (κ2) is 6.21. The van der Waals surface area contributed by atoms with E-state index in [-0.39, 0.29) is 11.6 Å². The number of ketones is 1. The zero-order valence-corrected chi connectivity index (χ0v) is 13.1. The van der Waals surface area contributed by atoms with E-state index < -0.39 is 0 Å². The number of ether oxygens (including phenoxy) is 2. The van der Waals surface area contributed by atoms with Crippen molar-refractivity contribution in [2.75, 3.05) is 14.2 Å². The minimum Gasteiger partial charge on any atom is -0.497 e. The fourth-order valence-electron chi connectivity index (χ4n) is 1.81. The van der Waals surface area contributed by atoms with Gasteiger partial charge in [0.05, 0.1) is 19.8 Å². The monoisotopic (exact) mass is 386 g/mol. The second-order valence-corrected chi connectivity index (χ2v) is 5.18. The van der Waals surface area contributed by atoms with Gasteiger partial charge in [-0.3, -0.25) is 4.79 Å². The highest BCUT2D eigenvalue weighted by molar-refractivity contribution is 14.1. The number of carbonyl (C=O) groups excluding carboxylic acids is 1. The summed E-state index contributed by atoms with van der Waals surface area (Å²) in [7, 11) is 3.02. The molecule has 2 rings (SSSR count). The van der Waals surface area contributed by atoms with Crippen molar-refractivity contribution in [3.8, 4) is 11.5 Å². The maximum absolute atomic E-state index is 13.1. The Labute approximate surface area is 129 Å². The molecule has 2 aromatic rings. The molecule has 0 saturated heterocycles. The third-order valence-corrected chi connectivity index (χ3v) is 3.72. The molecule has 20 heavy (non-hydrogen) atoms. The lowest BCUT2D eigenvalue weighted by Crippen LogP contribution is -2.06. The number of benzene rings is 2. The van der Waals surface area contributed by atoms with E-state index in [9.17, 15) is 9.18 Å².